The molecule has 1 aromatic carbocycles. The molecule has 1 aliphatic carbocycles. The Kier molecular flexibility index (Phi) is 5.31. The van der Waals surface area contributed by atoms with Crippen molar-refractivity contribution in [3.63, 3.8) is 0 Å². The maximum absolute atomic E-state index is 5.45. The van der Waals surface area contributed by atoms with Crippen LogP contribution >= 0.6 is 0 Å². The van der Waals surface area contributed by atoms with Crippen LogP contribution in [0.4, 0.5) is 0 Å². The summed E-state index contributed by atoms with van der Waals surface area (Å²) in [5.41, 5.74) is 4.96. The van der Waals surface area contributed by atoms with Crippen LogP contribution in [0.5, 0.6) is 17.2 Å². The monoisotopic (exact) mass is 300 g/mol. The molecule has 3 nitrogen and oxygen atoms in total. The summed E-state index contributed by atoms with van der Waals surface area (Å²) in [7, 11) is 4.89. The van der Waals surface area contributed by atoms with Crippen molar-refractivity contribution in [2.24, 2.45) is 0 Å². The van der Waals surface area contributed by atoms with E-state index in [1.807, 2.05) is 12.1 Å². The summed E-state index contributed by atoms with van der Waals surface area (Å²) in [5.74, 6) is 1.96. The molecule has 0 atom stereocenters. The van der Waals surface area contributed by atoms with Gasteiger partial charge in [0, 0.05) is 0 Å². The molecule has 0 saturated heterocycles. The molecule has 0 unspecified atom stereocenters. The third kappa shape index (κ3) is 3.53. The zero-order valence-corrected chi connectivity index (χ0v) is 14.0. The van der Waals surface area contributed by atoms with E-state index in [1.54, 1.807) is 21.3 Å². The largest absolute Gasteiger partial charge is 0.493 e. The van der Waals surface area contributed by atoms with Gasteiger partial charge in [-0.15, -0.1) is 0 Å². The molecule has 1 aliphatic rings. The molecule has 0 aromatic heterocycles. The Balaban J connectivity index is 2.57. The topological polar surface area (TPSA) is 27.7 Å². The van der Waals surface area contributed by atoms with Crippen LogP contribution in [0.2, 0.25) is 0 Å². The average molecular weight is 300 g/mol. The maximum Gasteiger partial charge on any atom is 0.203 e. The molecule has 2 rings (SSSR count). The third-order valence-electron chi connectivity index (χ3n) is 3.86. The highest BCUT2D eigenvalue weighted by Gasteiger charge is 2.14. The minimum Gasteiger partial charge on any atom is -0.493 e. The first-order chi connectivity index (χ1) is 10.6. The molecule has 0 fully saturated rings. The molecule has 0 radical (unpaired) electrons. The highest BCUT2D eigenvalue weighted by molar-refractivity contribution is 5.79. The lowest BCUT2D eigenvalue weighted by Gasteiger charge is -2.15. The van der Waals surface area contributed by atoms with Gasteiger partial charge in [0.1, 0.15) is 0 Å². The van der Waals surface area contributed by atoms with Crippen molar-refractivity contribution in [1.82, 2.24) is 0 Å². The molecular weight excluding hydrogens is 276 g/mol. The smallest absolute Gasteiger partial charge is 0.203 e. The number of allylic oxidation sites excluding steroid dienone is 6. The zero-order chi connectivity index (χ0) is 16.1. The van der Waals surface area contributed by atoms with E-state index >= 15 is 0 Å². The van der Waals surface area contributed by atoms with Crippen molar-refractivity contribution >= 4 is 5.57 Å². The quantitative estimate of drug-likeness (QED) is 0.800. The number of rotatable bonds is 4. The second kappa shape index (κ2) is 7.21. The first kappa shape index (κ1) is 16.2. The Labute approximate surface area is 132 Å². The summed E-state index contributed by atoms with van der Waals surface area (Å²) >= 11 is 0. The minimum absolute atomic E-state index is 0.618. The van der Waals surface area contributed by atoms with Crippen LogP contribution < -0.4 is 14.2 Å². The normalized spacial score (nSPS) is 19.8. The first-order valence-corrected chi connectivity index (χ1v) is 7.44. The van der Waals surface area contributed by atoms with Gasteiger partial charge >= 0.3 is 0 Å². The van der Waals surface area contributed by atoms with Crippen LogP contribution in [0.15, 0.2) is 41.5 Å². The highest BCUT2D eigenvalue weighted by Crippen LogP contribution is 2.40. The van der Waals surface area contributed by atoms with Crippen molar-refractivity contribution in [3.05, 3.63) is 47.1 Å². The number of ether oxygens (including phenoxy) is 3. The lowest BCUT2D eigenvalue weighted by Crippen LogP contribution is -1.97. The van der Waals surface area contributed by atoms with E-state index in [2.05, 4.69) is 32.1 Å². The highest BCUT2D eigenvalue weighted by atomic mass is 16.5. The zero-order valence-electron chi connectivity index (χ0n) is 14.0. The third-order valence-corrected chi connectivity index (χ3v) is 3.86. The SMILES string of the molecule is COc1cc(/C2=C/C=C(/C)CCC(C)=C2)cc(OC)c1OC. The molecule has 1 aromatic rings. The Hall–Kier alpha value is -2.16. The van der Waals surface area contributed by atoms with Crippen LogP contribution in [0.3, 0.4) is 0 Å². The summed E-state index contributed by atoms with van der Waals surface area (Å²) in [5, 5.41) is 0. The summed E-state index contributed by atoms with van der Waals surface area (Å²) < 4.78 is 16.3. The van der Waals surface area contributed by atoms with E-state index < -0.39 is 0 Å². The van der Waals surface area contributed by atoms with Gasteiger partial charge in [0.2, 0.25) is 5.75 Å². The predicted octanol–water partition coefficient (Wildman–Crippen LogP) is 4.78. The predicted molar refractivity (Wildman–Crippen MR) is 90.8 cm³/mol. The average Bonchev–Trinajstić information content (AvgIpc) is 2.53. The Morgan fingerprint density at radius 3 is 1.91 bits per heavy atom. The molecule has 0 N–H and O–H groups in total. The van der Waals surface area contributed by atoms with Crippen molar-refractivity contribution in [2.45, 2.75) is 26.7 Å². The Bertz CT molecular complexity index is 611. The summed E-state index contributed by atoms with van der Waals surface area (Å²) in [6.07, 6.45) is 8.76. The molecule has 0 amide bonds. The molecule has 0 spiro atoms. The fourth-order valence-corrected chi connectivity index (χ4v) is 2.52. The van der Waals surface area contributed by atoms with Gasteiger partial charge in [-0.2, -0.15) is 0 Å². The van der Waals surface area contributed by atoms with Gasteiger partial charge in [0.25, 0.3) is 0 Å². The number of hydrogen-bond donors (Lipinski definition) is 0. The molecular formula is C19H24O3. The van der Waals surface area contributed by atoms with Crippen molar-refractivity contribution in [1.29, 1.82) is 0 Å². The van der Waals surface area contributed by atoms with Gasteiger partial charge < -0.3 is 14.2 Å². The van der Waals surface area contributed by atoms with Crippen LogP contribution in [0.1, 0.15) is 32.3 Å². The van der Waals surface area contributed by atoms with E-state index in [1.165, 1.54) is 11.1 Å². The van der Waals surface area contributed by atoms with Gasteiger partial charge in [0.15, 0.2) is 11.5 Å². The molecule has 22 heavy (non-hydrogen) atoms. The van der Waals surface area contributed by atoms with Crippen LogP contribution in [-0.4, -0.2) is 21.3 Å². The van der Waals surface area contributed by atoms with Gasteiger partial charge in [0.05, 0.1) is 21.3 Å². The molecule has 0 bridgehead atoms. The molecule has 0 heterocycles. The summed E-state index contributed by atoms with van der Waals surface area (Å²) in [6, 6.07) is 3.98. The van der Waals surface area contributed by atoms with Crippen molar-refractivity contribution in [3.8, 4) is 17.2 Å². The van der Waals surface area contributed by atoms with Gasteiger partial charge in [-0.05, 0) is 50.0 Å². The fraction of sp³-hybridized carbons (Fsp3) is 0.368. The van der Waals surface area contributed by atoms with Crippen molar-refractivity contribution in [2.75, 3.05) is 21.3 Å². The van der Waals surface area contributed by atoms with Crippen molar-refractivity contribution < 1.29 is 14.2 Å². The number of hydrogen-bond acceptors (Lipinski definition) is 3. The Morgan fingerprint density at radius 1 is 0.773 bits per heavy atom. The van der Waals surface area contributed by atoms with Gasteiger partial charge in [-0.25, -0.2) is 0 Å². The van der Waals surface area contributed by atoms with Gasteiger partial charge in [-0.1, -0.05) is 29.4 Å². The van der Waals surface area contributed by atoms with E-state index in [9.17, 15) is 0 Å². The van der Waals surface area contributed by atoms with Crippen LogP contribution in [0.25, 0.3) is 5.57 Å². The fourth-order valence-electron chi connectivity index (χ4n) is 2.52. The molecule has 0 aliphatic heterocycles. The van der Waals surface area contributed by atoms with Crippen LogP contribution in [0, 0.1) is 0 Å². The van der Waals surface area contributed by atoms with Gasteiger partial charge in [-0.3, -0.25) is 0 Å². The summed E-state index contributed by atoms with van der Waals surface area (Å²) in [4.78, 5) is 0. The van der Waals surface area contributed by atoms with E-state index in [4.69, 9.17) is 14.2 Å². The standard InChI is InChI=1S/C19H24O3/c1-13-6-7-14(2)10-15(9-8-13)16-11-17(20-3)19(22-5)18(12-16)21-4/h8-12H,6-7H2,1-5H3/b13-8-,14-10?,15-9+. The van der Waals surface area contributed by atoms with E-state index in [0.29, 0.717) is 17.2 Å². The Morgan fingerprint density at radius 2 is 1.36 bits per heavy atom. The lowest BCUT2D eigenvalue weighted by molar-refractivity contribution is 0.324. The van der Waals surface area contributed by atoms with E-state index in [0.717, 1.165) is 24.0 Å². The minimum atomic E-state index is 0.618. The van der Waals surface area contributed by atoms with Crippen LogP contribution in [-0.2, 0) is 0 Å². The summed E-state index contributed by atoms with van der Waals surface area (Å²) in [6.45, 7) is 4.34. The maximum atomic E-state index is 5.45. The van der Waals surface area contributed by atoms with E-state index in [-0.39, 0.29) is 0 Å². The molecule has 3 heteroatoms. The number of methoxy groups -OCH3 is 3. The first-order valence-electron chi connectivity index (χ1n) is 7.44. The second-order valence-corrected chi connectivity index (χ2v) is 5.54. The second-order valence-electron chi connectivity index (χ2n) is 5.54. The number of benzene rings is 1. The molecule has 0 saturated carbocycles. The lowest BCUT2D eigenvalue weighted by atomic mass is 9.96. The molecule has 118 valence electrons.